The molecule has 0 unspecified atom stereocenters. The van der Waals surface area contributed by atoms with Gasteiger partial charge in [0, 0.05) is 18.3 Å². The lowest BCUT2D eigenvalue weighted by atomic mass is 10.0. The van der Waals surface area contributed by atoms with Gasteiger partial charge in [-0.1, -0.05) is 37.3 Å². The van der Waals surface area contributed by atoms with Gasteiger partial charge >= 0.3 is 6.03 Å². The smallest absolute Gasteiger partial charge is 0.319 e. The van der Waals surface area contributed by atoms with Crippen molar-refractivity contribution in [3.63, 3.8) is 0 Å². The summed E-state index contributed by atoms with van der Waals surface area (Å²) in [6.07, 6.45) is 0. The van der Waals surface area contributed by atoms with Crippen LogP contribution in [0, 0.1) is 6.92 Å². The summed E-state index contributed by atoms with van der Waals surface area (Å²) < 4.78 is 10.5. The van der Waals surface area contributed by atoms with E-state index in [1.54, 1.807) is 20.3 Å². The maximum absolute atomic E-state index is 12.2. The second-order valence-electron chi connectivity index (χ2n) is 5.67. The molecule has 0 bridgehead atoms. The number of nitrogens with one attached hydrogen (secondary N) is 2. The van der Waals surface area contributed by atoms with Gasteiger partial charge in [-0.2, -0.15) is 0 Å². The maximum Gasteiger partial charge on any atom is 0.319 e. The predicted molar refractivity (Wildman–Crippen MR) is 96.2 cm³/mol. The lowest BCUT2D eigenvalue weighted by Gasteiger charge is -2.16. The highest BCUT2D eigenvalue weighted by molar-refractivity contribution is 5.90. The standard InChI is InChI=1S/C19H24N2O3/c1-13-10-17(23-3)18(24-4)11-16(13)21-19(22)20-12-14(2)15-8-6-5-7-9-15/h5-11,14H,12H2,1-4H3,(H2,20,21,22)/t14-/m1/s1. The summed E-state index contributed by atoms with van der Waals surface area (Å²) in [4.78, 5) is 12.2. The Bertz CT molecular complexity index is 687. The number of urea groups is 1. The third kappa shape index (κ3) is 4.41. The van der Waals surface area contributed by atoms with Crippen molar-refractivity contribution in [2.75, 3.05) is 26.1 Å². The normalized spacial score (nSPS) is 11.5. The first-order chi connectivity index (χ1) is 11.5. The van der Waals surface area contributed by atoms with Crippen molar-refractivity contribution in [2.24, 2.45) is 0 Å². The number of methoxy groups -OCH3 is 2. The average Bonchev–Trinajstić information content (AvgIpc) is 2.61. The van der Waals surface area contributed by atoms with E-state index in [4.69, 9.17) is 9.47 Å². The largest absolute Gasteiger partial charge is 0.493 e. The van der Waals surface area contributed by atoms with E-state index < -0.39 is 0 Å². The molecule has 128 valence electrons. The highest BCUT2D eigenvalue weighted by Crippen LogP contribution is 2.32. The fourth-order valence-corrected chi connectivity index (χ4v) is 2.43. The van der Waals surface area contributed by atoms with Crippen LogP contribution in [0.3, 0.4) is 0 Å². The summed E-state index contributed by atoms with van der Waals surface area (Å²) >= 11 is 0. The number of carbonyl (C=O) groups is 1. The van der Waals surface area contributed by atoms with E-state index in [1.807, 2.05) is 31.2 Å². The maximum atomic E-state index is 12.2. The van der Waals surface area contributed by atoms with Gasteiger partial charge < -0.3 is 20.1 Å². The molecule has 2 amide bonds. The average molecular weight is 328 g/mol. The first-order valence-corrected chi connectivity index (χ1v) is 7.87. The molecule has 5 nitrogen and oxygen atoms in total. The Kier molecular flexibility index (Phi) is 6.07. The van der Waals surface area contributed by atoms with Crippen molar-refractivity contribution in [3.8, 4) is 11.5 Å². The summed E-state index contributed by atoms with van der Waals surface area (Å²) in [6.45, 7) is 4.55. The van der Waals surface area contributed by atoms with Crippen molar-refractivity contribution < 1.29 is 14.3 Å². The summed E-state index contributed by atoms with van der Waals surface area (Å²) in [7, 11) is 3.15. The molecule has 0 fully saturated rings. The molecular weight excluding hydrogens is 304 g/mol. The van der Waals surface area contributed by atoms with Crippen LogP contribution in [0.5, 0.6) is 11.5 Å². The minimum Gasteiger partial charge on any atom is -0.493 e. The monoisotopic (exact) mass is 328 g/mol. The molecular formula is C19H24N2O3. The number of hydrogen-bond acceptors (Lipinski definition) is 3. The second-order valence-corrected chi connectivity index (χ2v) is 5.67. The topological polar surface area (TPSA) is 59.6 Å². The lowest BCUT2D eigenvalue weighted by molar-refractivity contribution is 0.251. The van der Waals surface area contributed by atoms with Crippen molar-refractivity contribution in [1.82, 2.24) is 5.32 Å². The third-order valence-electron chi connectivity index (χ3n) is 3.92. The molecule has 5 heteroatoms. The molecule has 0 aromatic heterocycles. The van der Waals surface area contributed by atoms with Crippen LogP contribution in [0.15, 0.2) is 42.5 Å². The Morgan fingerprint density at radius 3 is 2.33 bits per heavy atom. The minimum absolute atomic E-state index is 0.239. The van der Waals surface area contributed by atoms with Crippen LogP contribution in [0.1, 0.15) is 24.0 Å². The second kappa shape index (κ2) is 8.24. The molecule has 0 radical (unpaired) electrons. The Balaban J connectivity index is 1.97. The number of benzene rings is 2. The van der Waals surface area contributed by atoms with Gasteiger partial charge in [-0.15, -0.1) is 0 Å². The number of ether oxygens (including phenoxy) is 2. The number of aryl methyl sites for hydroxylation is 1. The van der Waals surface area contributed by atoms with Crippen LogP contribution in [0.4, 0.5) is 10.5 Å². The summed E-state index contributed by atoms with van der Waals surface area (Å²) in [6, 6.07) is 13.4. The van der Waals surface area contributed by atoms with E-state index in [1.165, 1.54) is 5.56 Å². The number of amides is 2. The highest BCUT2D eigenvalue weighted by atomic mass is 16.5. The molecule has 1 atom stereocenters. The Morgan fingerprint density at radius 2 is 1.71 bits per heavy atom. The SMILES string of the molecule is COc1cc(C)c(NC(=O)NC[C@@H](C)c2ccccc2)cc1OC. The quantitative estimate of drug-likeness (QED) is 0.844. The van der Waals surface area contributed by atoms with Gasteiger partial charge in [0.2, 0.25) is 0 Å². The number of carbonyl (C=O) groups excluding carboxylic acids is 1. The molecule has 2 N–H and O–H groups in total. The van der Waals surface area contributed by atoms with Gasteiger partial charge in [-0.25, -0.2) is 4.79 Å². The Morgan fingerprint density at radius 1 is 1.08 bits per heavy atom. The molecule has 2 rings (SSSR count). The zero-order chi connectivity index (χ0) is 17.5. The number of hydrogen-bond donors (Lipinski definition) is 2. The van der Waals surface area contributed by atoms with Gasteiger partial charge in [0.25, 0.3) is 0 Å². The lowest BCUT2D eigenvalue weighted by Crippen LogP contribution is -2.32. The summed E-state index contributed by atoms with van der Waals surface area (Å²) in [5.41, 5.74) is 2.79. The van der Waals surface area contributed by atoms with Gasteiger partial charge in [-0.3, -0.25) is 0 Å². The molecule has 0 spiro atoms. The van der Waals surface area contributed by atoms with E-state index >= 15 is 0 Å². The molecule has 0 aliphatic carbocycles. The minimum atomic E-state index is -0.242. The predicted octanol–water partition coefficient (Wildman–Crippen LogP) is 3.94. The van der Waals surface area contributed by atoms with E-state index in [9.17, 15) is 4.79 Å². The number of anilines is 1. The van der Waals surface area contributed by atoms with E-state index in [0.29, 0.717) is 23.7 Å². The molecule has 0 aliphatic heterocycles. The first kappa shape index (κ1) is 17.7. The Labute approximate surface area is 143 Å². The molecule has 2 aromatic carbocycles. The molecule has 0 heterocycles. The Hall–Kier alpha value is -2.69. The van der Waals surface area contributed by atoms with Crippen LogP contribution in [0.2, 0.25) is 0 Å². The van der Waals surface area contributed by atoms with Crippen LogP contribution in [-0.2, 0) is 0 Å². The van der Waals surface area contributed by atoms with Crippen LogP contribution >= 0.6 is 0 Å². The van der Waals surface area contributed by atoms with Crippen molar-refractivity contribution >= 4 is 11.7 Å². The zero-order valence-corrected chi connectivity index (χ0v) is 14.6. The third-order valence-corrected chi connectivity index (χ3v) is 3.92. The van der Waals surface area contributed by atoms with Gasteiger partial charge in [0.15, 0.2) is 11.5 Å². The summed E-state index contributed by atoms with van der Waals surface area (Å²) in [5.74, 6) is 1.46. The molecule has 24 heavy (non-hydrogen) atoms. The highest BCUT2D eigenvalue weighted by Gasteiger charge is 2.12. The fourth-order valence-electron chi connectivity index (χ4n) is 2.43. The first-order valence-electron chi connectivity index (χ1n) is 7.87. The van der Waals surface area contributed by atoms with E-state index in [2.05, 4.69) is 29.7 Å². The van der Waals surface area contributed by atoms with E-state index in [0.717, 1.165) is 5.56 Å². The number of rotatable bonds is 6. The molecule has 0 saturated carbocycles. The molecule has 2 aromatic rings. The zero-order valence-electron chi connectivity index (χ0n) is 14.6. The fraction of sp³-hybridized carbons (Fsp3) is 0.316. The van der Waals surface area contributed by atoms with Gasteiger partial charge in [-0.05, 0) is 30.0 Å². The van der Waals surface area contributed by atoms with Crippen LogP contribution in [-0.4, -0.2) is 26.8 Å². The van der Waals surface area contributed by atoms with Crippen molar-refractivity contribution in [2.45, 2.75) is 19.8 Å². The van der Waals surface area contributed by atoms with Crippen LogP contribution in [0.25, 0.3) is 0 Å². The van der Waals surface area contributed by atoms with Crippen molar-refractivity contribution in [3.05, 3.63) is 53.6 Å². The summed E-state index contributed by atoms with van der Waals surface area (Å²) in [5, 5.41) is 5.76. The van der Waals surface area contributed by atoms with Crippen molar-refractivity contribution in [1.29, 1.82) is 0 Å². The molecule has 0 aliphatic rings. The van der Waals surface area contributed by atoms with Gasteiger partial charge in [0.05, 0.1) is 14.2 Å². The molecule has 0 saturated heterocycles. The van der Waals surface area contributed by atoms with E-state index in [-0.39, 0.29) is 11.9 Å². The van der Waals surface area contributed by atoms with Crippen LogP contribution < -0.4 is 20.1 Å². The van der Waals surface area contributed by atoms with Gasteiger partial charge in [0.1, 0.15) is 0 Å².